The third-order valence-corrected chi connectivity index (χ3v) is 5.39. The number of benzene rings is 2. The maximum atomic E-state index is 12.5. The molecule has 128 valence electrons. The smallest absolute Gasteiger partial charge is 0.261 e. The summed E-state index contributed by atoms with van der Waals surface area (Å²) < 4.78 is 27.5. The molecule has 0 aliphatic carbocycles. The quantitative estimate of drug-likeness (QED) is 0.913. The molecular formula is C18H17N3O3S. The van der Waals surface area contributed by atoms with E-state index >= 15 is 0 Å². The van der Waals surface area contributed by atoms with Gasteiger partial charge in [-0.2, -0.15) is 5.26 Å². The van der Waals surface area contributed by atoms with Crippen LogP contribution in [0.4, 0.5) is 11.4 Å². The molecule has 1 fully saturated rings. The maximum Gasteiger partial charge on any atom is 0.261 e. The molecular weight excluding hydrogens is 338 g/mol. The van der Waals surface area contributed by atoms with Crippen LogP contribution in [0.1, 0.15) is 24.8 Å². The second-order valence-electron chi connectivity index (χ2n) is 5.80. The van der Waals surface area contributed by atoms with Gasteiger partial charge in [-0.15, -0.1) is 0 Å². The van der Waals surface area contributed by atoms with E-state index in [2.05, 4.69) is 4.72 Å². The Morgan fingerprint density at radius 1 is 1.08 bits per heavy atom. The van der Waals surface area contributed by atoms with Crippen molar-refractivity contribution in [1.29, 1.82) is 5.26 Å². The number of carbonyl (C=O) groups is 1. The van der Waals surface area contributed by atoms with Gasteiger partial charge < -0.3 is 4.90 Å². The van der Waals surface area contributed by atoms with Crippen LogP contribution in [0.3, 0.4) is 0 Å². The fourth-order valence-electron chi connectivity index (χ4n) is 2.76. The number of amides is 1. The number of nitrogens with zero attached hydrogens (tertiary/aromatic N) is 2. The van der Waals surface area contributed by atoms with Crippen molar-refractivity contribution in [3.63, 3.8) is 0 Å². The molecule has 25 heavy (non-hydrogen) atoms. The molecule has 0 bridgehead atoms. The number of sulfonamides is 1. The Hall–Kier alpha value is -2.85. The number of carbonyl (C=O) groups excluding carboxylic acids is 1. The first-order valence-electron chi connectivity index (χ1n) is 7.93. The average Bonchev–Trinajstić information content (AvgIpc) is 2.62. The lowest BCUT2D eigenvalue weighted by atomic mass is 10.1. The van der Waals surface area contributed by atoms with E-state index in [4.69, 9.17) is 5.26 Å². The second kappa shape index (κ2) is 6.95. The molecule has 1 N–H and O–H groups in total. The van der Waals surface area contributed by atoms with Gasteiger partial charge in [0.25, 0.3) is 10.0 Å². The van der Waals surface area contributed by atoms with Crippen LogP contribution in [-0.4, -0.2) is 20.9 Å². The van der Waals surface area contributed by atoms with Crippen molar-refractivity contribution in [3.8, 4) is 6.07 Å². The van der Waals surface area contributed by atoms with Crippen LogP contribution in [0.15, 0.2) is 53.4 Å². The Labute approximate surface area is 146 Å². The van der Waals surface area contributed by atoms with Gasteiger partial charge in [-0.25, -0.2) is 8.42 Å². The lowest BCUT2D eigenvalue weighted by Crippen LogP contribution is -2.35. The van der Waals surface area contributed by atoms with E-state index in [1.54, 1.807) is 35.2 Å². The zero-order valence-electron chi connectivity index (χ0n) is 13.5. The highest BCUT2D eigenvalue weighted by molar-refractivity contribution is 7.92. The first kappa shape index (κ1) is 17.0. The SMILES string of the molecule is N#Cc1cccc(S(=O)(=O)Nc2cccc(N3CCCCC3=O)c2)c1. The molecule has 6 nitrogen and oxygen atoms in total. The lowest BCUT2D eigenvalue weighted by Gasteiger charge is -2.27. The molecule has 3 rings (SSSR count). The normalized spacial score (nSPS) is 14.8. The third kappa shape index (κ3) is 3.80. The van der Waals surface area contributed by atoms with Crippen LogP contribution in [0.25, 0.3) is 0 Å². The van der Waals surface area contributed by atoms with Gasteiger partial charge in [0.05, 0.1) is 22.2 Å². The summed E-state index contributed by atoms with van der Waals surface area (Å²) in [5, 5.41) is 8.92. The largest absolute Gasteiger partial charge is 0.312 e. The zero-order chi connectivity index (χ0) is 17.9. The van der Waals surface area contributed by atoms with E-state index in [9.17, 15) is 13.2 Å². The van der Waals surface area contributed by atoms with E-state index < -0.39 is 10.0 Å². The third-order valence-electron chi connectivity index (χ3n) is 4.01. The van der Waals surface area contributed by atoms with Crippen molar-refractivity contribution in [1.82, 2.24) is 0 Å². The van der Waals surface area contributed by atoms with E-state index in [1.165, 1.54) is 18.2 Å². The second-order valence-corrected chi connectivity index (χ2v) is 7.48. The predicted octanol–water partition coefficient (Wildman–Crippen LogP) is 2.88. The number of nitriles is 1. The summed E-state index contributed by atoms with van der Waals surface area (Å²) in [5.74, 6) is 0.0491. The Morgan fingerprint density at radius 2 is 1.88 bits per heavy atom. The molecule has 1 heterocycles. The molecule has 0 atom stereocenters. The molecule has 2 aromatic carbocycles. The van der Waals surface area contributed by atoms with Crippen LogP contribution in [0, 0.1) is 11.3 Å². The highest BCUT2D eigenvalue weighted by atomic mass is 32.2. The monoisotopic (exact) mass is 355 g/mol. The fraction of sp³-hybridized carbons (Fsp3) is 0.222. The summed E-state index contributed by atoms with van der Waals surface area (Å²) in [6.07, 6.45) is 2.33. The van der Waals surface area contributed by atoms with Crippen molar-refractivity contribution < 1.29 is 13.2 Å². The minimum absolute atomic E-state index is 0.0194. The molecule has 0 unspecified atom stereocenters. The van der Waals surface area contributed by atoms with Crippen LogP contribution >= 0.6 is 0 Å². The Kier molecular flexibility index (Phi) is 4.72. The van der Waals surface area contributed by atoms with Gasteiger partial charge in [0, 0.05) is 18.7 Å². The van der Waals surface area contributed by atoms with Crippen LogP contribution in [-0.2, 0) is 14.8 Å². The van der Waals surface area contributed by atoms with Crippen LogP contribution in [0.2, 0.25) is 0 Å². The Balaban J connectivity index is 1.86. The van der Waals surface area contributed by atoms with Crippen molar-refractivity contribution in [3.05, 3.63) is 54.1 Å². The molecule has 0 radical (unpaired) electrons. The maximum absolute atomic E-state index is 12.5. The molecule has 1 saturated heterocycles. The molecule has 1 amide bonds. The number of hydrogen-bond acceptors (Lipinski definition) is 4. The Bertz CT molecular complexity index is 948. The molecule has 0 saturated carbocycles. The average molecular weight is 355 g/mol. The summed E-state index contributed by atoms with van der Waals surface area (Å²) >= 11 is 0. The van der Waals surface area contributed by atoms with E-state index in [0.717, 1.165) is 12.8 Å². The van der Waals surface area contributed by atoms with Crippen molar-refractivity contribution in [2.75, 3.05) is 16.2 Å². The number of hydrogen-bond donors (Lipinski definition) is 1. The summed E-state index contributed by atoms with van der Waals surface area (Å²) in [4.78, 5) is 13.7. The molecule has 0 aromatic heterocycles. The number of nitrogens with one attached hydrogen (secondary N) is 1. The predicted molar refractivity (Wildman–Crippen MR) is 94.6 cm³/mol. The van der Waals surface area contributed by atoms with Crippen molar-refractivity contribution >= 4 is 27.3 Å². The van der Waals surface area contributed by atoms with Gasteiger partial charge >= 0.3 is 0 Å². The van der Waals surface area contributed by atoms with Gasteiger partial charge in [0.15, 0.2) is 0 Å². The Morgan fingerprint density at radius 3 is 2.64 bits per heavy atom. The lowest BCUT2D eigenvalue weighted by molar-refractivity contribution is -0.119. The van der Waals surface area contributed by atoms with E-state index in [1.807, 2.05) is 6.07 Å². The molecule has 1 aliphatic heterocycles. The van der Waals surface area contributed by atoms with E-state index in [-0.39, 0.29) is 16.4 Å². The summed E-state index contributed by atoms with van der Waals surface area (Å²) in [6.45, 7) is 0.638. The van der Waals surface area contributed by atoms with E-state index in [0.29, 0.717) is 24.3 Å². The van der Waals surface area contributed by atoms with Gasteiger partial charge in [-0.1, -0.05) is 12.1 Å². The van der Waals surface area contributed by atoms with Gasteiger partial charge in [0.1, 0.15) is 0 Å². The van der Waals surface area contributed by atoms with Gasteiger partial charge in [-0.05, 0) is 49.2 Å². The molecule has 1 aliphatic rings. The summed E-state index contributed by atoms with van der Waals surface area (Å²) in [7, 11) is -3.81. The van der Waals surface area contributed by atoms with Crippen molar-refractivity contribution in [2.24, 2.45) is 0 Å². The van der Waals surface area contributed by atoms with Gasteiger partial charge in [0.2, 0.25) is 5.91 Å². The first-order valence-corrected chi connectivity index (χ1v) is 9.41. The molecule has 2 aromatic rings. The summed E-state index contributed by atoms with van der Waals surface area (Å²) in [6, 6.07) is 14.5. The topological polar surface area (TPSA) is 90.3 Å². The van der Waals surface area contributed by atoms with Crippen LogP contribution in [0.5, 0.6) is 0 Å². The first-order chi connectivity index (χ1) is 12.0. The number of anilines is 2. The summed E-state index contributed by atoms with van der Waals surface area (Å²) in [5.41, 5.74) is 1.32. The van der Waals surface area contributed by atoms with Crippen molar-refractivity contribution in [2.45, 2.75) is 24.2 Å². The number of piperidine rings is 1. The standard InChI is InChI=1S/C18H17N3O3S/c19-13-14-5-3-8-17(11-14)25(23,24)20-15-6-4-7-16(12-15)21-10-2-1-9-18(21)22/h3-8,11-12,20H,1-2,9-10H2. The van der Waals surface area contributed by atoms with Gasteiger partial charge in [-0.3, -0.25) is 9.52 Å². The zero-order valence-corrected chi connectivity index (χ0v) is 14.3. The fourth-order valence-corrected chi connectivity index (χ4v) is 3.86. The number of rotatable bonds is 4. The minimum atomic E-state index is -3.81. The van der Waals surface area contributed by atoms with Crippen LogP contribution < -0.4 is 9.62 Å². The highest BCUT2D eigenvalue weighted by Crippen LogP contribution is 2.25. The molecule has 7 heteroatoms. The highest BCUT2D eigenvalue weighted by Gasteiger charge is 2.20. The minimum Gasteiger partial charge on any atom is -0.312 e. The molecule has 0 spiro atoms.